The van der Waals surface area contributed by atoms with E-state index in [2.05, 4.69) is 10.5 Å². The summed E-state index contributed by atoms with van der Waals surface area (Å²) in [5.41, 5.74) is 5.66. The number of hydrogen-bond acceptors (Lipinski definition) is 3. The zero-order valence-electron chi connectivity index (χ0n) is 13.0. The van der Waals surface area contributed by atoms with E-state index in [9.17, 15) is 4.39 Å². The number of ether oxygens (including phenoxy) is 1. The molecule has 0 aliphatic rings. The molecule has 3 rings (SSSR count). The van der Waals surface area contributed by atoms with Crippen LogP contribution in [0.4, 0.5) is 10.1 Å². The molecule has 0 atom stereocenters. The Kier molecular flexibility index (Phi) is 5.20. The van der Waals surface area contributed by atoms with Crippen LogP contribution in [0, 0.1) is 5.82 Å². The molecule has 24 heavy (non-hydrogen) atoms. The first kappa shape index (κ1) is 15.7. The first-order chi connectivity index (χ1) is 11.8. The number of rotatable bonds is 6. The zero-order chi connectivity index (χ0) is 16.6. The molecule has 3 aromatic rings. The standard InChI is InChI=1S/C20H17FN2O/c21-18-8-10-19(11-9-18)23-22-14-16-6-12-20(13-7-16)24-15-17-4-2-1-3-5-17/h1-14,23H,15H2/b22-14+. The molecule has 3 nitrogen and oxygen atoms in total. The molecule has 0 unspecified atom stereocenters. The zero-order valence-corrected chi connectivity index (χ0v) is 13.0. The number of halogens is 1. The Morgan fingerprint density at radius 2 is 1.58 bits per heavy atom. The van der Waals surface area contributed by atoms with Crippen molar-refractivity contribution < 1.29 is 9.13 Å². The van der Waals surface area contributed by atoms with Gasteiger partial charge in [0.2, 0.25) is 0 Å². The molecular weight excluding hydrogens is 303 g/mol. The van der Waals surface area contributed by atoms with E-state index in [1.54, 1.807) is 18.3 Å². The van der Waals surface area contributed by atoms with Gasteiger partial charge in [0.05, 0.1) is 11.9 Å². The third-order valence-electron chi connectivity index (χ3n) is 3.38. The molecule has 0 aromatic heterocycles. The molecule has 0 fully saturated rings. The highest BCUT2D eigenvalue weighted by Gasteiger charge is 1.96. The fraction of sp³-hybridized carbons (Fsp3) is 0.0500. The predicted octanol–water partition coefficient (Wildman–Crippen LogP) is 4.85. The molecule has 120 valence electrons. The van der Waals surface area contributed by atoms with Crippen LogP contribution in [0.15, 0.2) is 84.0 Å². The van der Waals surface area contributed by atoms with Gasteiger partial charge in [0, 0.05) is 0 Å². The monoisotopic (exact) mass is 320 g/mol. The Morgan fingerprint density at radius 3 is 2.29 bits per heavy atom. The van der Waals surface area contributed by atoms with Gasteiger partial charge >= 0.3 is 0 Å². The van der Waals surface area contributed by atoms with Gasteiger partial charge in [-0.15, -0.1) is 0 Å². The van der Waals surface area contributed by atoms with Crippen LogP contribution in [-0.4, -0.2) is 6.21 Å². The van der Waals surface area contributed by atoms with Gasteiger partial charge in [0.1, 0.15) is 18.2 Å². The Hall–Kier alpha value is -3.14. The SMILES string of the molecule is Fc1ccc(N/N=C/c2ccc(OCc3ccccc3)cc2)cc1. The van der Waals surface area contributed by atoms with Gasteiger partial charge in [-0.05, 0) is 59.7 Å². The second kappa shape index (κ2) is 7.92. The topological polar surface area (TPSA) is 33.6 Å². The Balaban J connectivity index is 1.52. The summed E-state index contributed by atoms with van der Waals surface area (Å²) in [4.78, 5) is 0. The Morgan fingerprint density at radius 1 is 0.875 bits per heavy atom. The summed E-state index contributed by atoms with van der Waals surface area (Å²) in [6.45, 7) is 0.542. The largest absolute Gasteiger partial charge is 0.489 e. The Labute approximate surface area is 140 Å². The fourth-order valence-electron chi connectivity index (χ4n) is 2.10. The van der Waals surface area contributed by atoms with Crippen LogP contribution in [0.1, 0.15) is 11.1 Å². The van der Waals surface area contributed by atoms with Crippen molar-refractivity contribution in [2.45, 2.75) is 6.61 Å². The van der Waals surface area contributed by atoms with Crippen molar-refractivity contribution in [1.29, 1.82) is 0 Å². The second-order valence-electron chi connectivity index (χ2n) is 5.22. The van der Waals surface area contributed by atoms with E-state index in [0.717, 1.165) is 22.6 Å². The van der Waals surface area contributed by atoms with Crippen LogP contribution >= 0.6 is 0 Å². The maximum absolute atomic E-state index is 12.8. The molecule has 0 saturated carbocycles. The van der Waals surface area contributed by atoms with Gasteiger partial charge < -0.3 is 4.74 Å². The van der Waals surface area contributed by atoms with Crippen molar-refractivity contribution in [3.8, 4) is 5.75 Å². The lowest BCUT2D eigenvalue weighted by molar-refractivity contribution is 0.306. The minimum absolute atomic E-state index is 0.268. The number of nitrogens with one attached hydrogen (secondary N) is 1. The molecule has 1 N–H and O–H groups in total. The lowest BCUT2D eigenvalue weighted by Gasteiger charge is -2.06. The molecule has 0 radical (unpaired) electrons. The van der Waals surface area contributed by atoms with Gasteiger partial charge in [-0.25, -0.2) is 4.39 Å². The number of hydrogen-bond donors (Lipinski definition) is 1. The minimum atomic E-state index is -0.268. The number of nitrogens with zero attached hydrogens (tertiary/aromatic N) is 1. The second-order valence-corrected chi connectivity index (χ2v) is 5.22. The molecule has 0 bridgehead atoms. The van der Waals surface area contributed by atoms with E-state index in [0.29, 0.717) is 6.61 Å². The third kappa shape index (κ3) is 4.68. The van der Waals surface area contributed by atoms with Gasteiger partial charge in [-0.2, -0.15) is 5.10 Å². The van der Waals surface area contributed by atoms with E-state index in [1.807, 2.05) is 54.6 Å². The van der Waals surface area contributed by atoms with Crippen molar-refractivity contribution in [1.82, 2.24) is 0 Å². The summed E-state index contributed by atoms with van der Waals surface area (Å²) in [6.07, 6.45) is 1.70. The quantitative estimate of drug-likeness (QED) is 0.520. The Bertz CT molecular complexity index is 784. The van der Waals surface area contributed by atoms with Gasteiger partial charge in [-0.3, -0.25) is 5.43 Å². The average molecular weight is 320 g/mol. The lowest BCUT2D eigenvalue weighted by atomic mass is 10.2. The highest BCUT2D eigenvalue weighted by Crippen LogP contribution is 2.14. The van der Waals surface area contributed by atoms with E-state index in [4.69, 9.17) is 4.74 Å². The molecule has 0 amide bonds. The van der Waals surface area contributed by atoms with E-state index in [-0.39, 0.29) is 5.82 Å². The van der Waals surface area contributed by atoms with Crippen LogP contribution in [0.25, 0.3) is 0 Å². The van der Waals surface area contributed by atoms with E-state index < -0.39 is 0 Å². The van der Waals surface area contributed by atoms with Crippen LogP contribution in [0.5, 0.6) is 5.75 Å². The summed E-state index contributed by atoms with van der Waals surface area (Å²) >= 11 is 0. The highest BCUT2D eigenvalue weighted by atomic mass is 19.1. The normalized spacial score (nSPS) is 10.7. The maximum Gasteiger partial charge on any atom is 0.123 e. The maximum atomic E-state index is 12.8. The summed E-state index contributed by atoms with van der Waals surface area (Å²) in [5, 5.41) is 4.13. The van der Waals surface area contributed by atoms with Crippen LogP contribution in [0.3, 0.4) is 0 Å². The number of anilines is 1. The molecule has 3 aromatic carbocycles. The van der Waals surface area contributed by atoms with Gasteiger partial charge in [-0.1, -0.05) is 30.3 Å². The molecular formula is C20H17FN2O. The minimum Gasteiger partial charge on any atom is -0.489 e. The average Bonchev–Trinajstić information content (AvgIpc) is 2.64. The summed E-state index contributed by atoms with van der Waals surface area (Å²) < 4.78 is 18.5. The van der Waals surface area contributed by atoms with E-state index in [1.165, 1.54) is 12.1 Å². The molecule has 0 heterocycles. The van der Waals surface area contributed by atoms with Crippen LogP contribution in [0.2, 0.25) is 0 Å². The van der Waals surface area contributed by atoms with Crippen molar-refractivity contribution in [3.05, 3.63) is 95.8 Å². The summed E-state index contributed by atoms with van der Waals surface area (Å²) in [6, 6.07) is 23.7. The van der Waals surface area contributed by atoms with Gasteiger partial charge in [0.25, 0.3) is 0 Å². The first-order valence-corrected chi connectivity index (χ1v) is 7.61. The number of benzene rings is 3. The molecule has 0 saturated heterocycles. The summed E-state index contributed by atoms with van der Waals surface area (Å²) in [7, 11) is 0. The van der Waals surface area contributed by atoms with Crippen molar-refractivity contribution in [3.63, 3.8) is 0 Å². The molecule has 4 heteroatoms. The molecule has 0 aliphatic carbocycles. The van der Waals surface area contributed by atoms with Crippen molar-refractivity contribution in [2.24, 2.45) is 5.10 Å². The van der Waals surface area contributed by atoms with Crippen molar-refractivity contribution in [2.75, 3.05) is 5.43 Å². The van der Waals surface area contributed by atoms with Crippen LogP contribution in [-0.2, 0) is 6.61 Å². The lowest BCUT2D eigenvalue weighted by Crippen LogP contribution is -1.95. The van der Waals surface area contributed by atoms with E-state index >= 15 is 0 Å². The third-order valence-corrected chi connectivity index (χ3v) is 3.38. The molecule has 0 aliphatic heterocycles. The van der Waals surface area contributed by atoms with Crippen molar-refractivity contribution >= 4 is 11.9 Å². The smallest absolute Gasteiger partial charge is 0.123 e. The molecule has 0 spiro atoms. The summed E-state index contributed by atoms with van der Waals surface area (Å²) in [5.74, 6) is 0.540. The van der Waals surface area contributed by atoms with Gasteiger partial charge in [0.15, 0.2) is 0 Å². The fourth-order valence-corrected chi connectivity index (χ4v) is 2.10. The first-order valence-electron chi connectivity index (χ1n) is 7.61. The highest BCUT2D eigenvalue weighted by molar-refractivity contribution is 5.80. The van der Waals surface area contributed by atoms with Crippen LogP contribution < -0.4 is 10.2 Å². The predicted molar refractivity (Wildman–Crippen MR) is 94.8 cm³/mol. The number of hydrazone groups is 1.